The van der Waals surface area contributed by atoms with Crippen LogP contribution in [0, 0.1) is 0 Å². The van der Waals surface area contributed by atoms with Gasteiger partial charge < -0.3 is 10.1 Å². The maximum absolute atomic E-state index is 11.3. The molecule has 0 bridgehead atoms. The lowest BCUT2D eigenvalue weighted by Crippen LogP contribution is -2.34. The maximum Gasteiger partial charge on any atom is 0.396 e. The molecule has 4 heteroatoms. The van der Waals surface area contributed by atoms with E-state index in [1.165, 1.54) is 0 Å². The van der Waals surface area contributed by atoms with E-state index in [-0.39, 0.29) is 12.6 Å². The Hall–Kier alpha value is -1.84. The first-order valence-electron chi connectivity index (χ1n) is 5.17. The van der Waals surface area contributed by atoms with Crippen molar-refractivity contribution in [1.82, 2.24) is 5.32 Å². The van der Waals surface area contributed by atoms with Crippen molar-refractivity contribution in [3.63, 3.8) is 0 Å². The molecule has 0 unspecified atom stereocenters. The van der Waals surface area contributed by atoms with Crippen LogP contribution in [-0.4, -0.2) is 18.5 Å². The molecule has 0 saturated carbocycles. The Labute approximate surface area is 94.6 Å². The number of nitrogens with one attached hydrogen (secondary N) is 1. The summed E-state index contributed by atoms with van der Waals surface area (Å²) in [7, 11) is 0. The van der Waals surface area contributed by atoms with Gasteiger partial charge in [0.15, 0.2) is 0 Å². The first-order chi connectivity index (χ1) is 7.65. The summed E-state index contributed by atoms with van der Waals surface area (Å²) in [5, 5.41) is 2.57. The standard InChI is InChI=1S/C12H15NO3/c1-3-16-12(15)11(14)13-9(2)10-7-5-4-6-8-10/h4-9H,3H2,1-2H3,(H,13,14)/t9-/m1/s1. The number of ether oxygens (including phenoxy) is 1. The van der Waals surface area contributed by atoms with Gasteiger partial charge in [0.05, 0.1) is 12.6 Å². The van der Waals surface area contributed by atoms with E-state index in [0.717, 1.165) is 5.56 Å². The molecule has 0 aliphatic carbocycles. The lowest BCUT2D eigenvalue weighted by Gasteiger charge is -2.13. The second-order valence-corrected chi connectivity index (χ2v) is 3.33. The Morgan fingerprint density at radius 1 is 1.31 bits per heavy atom. The number of amides is 1. The molecule has 0 spiro atoms. The van der Waals surface area contributed by atoms with Gasteiger partial charge in [0.2, 0.25) is 0 Å². The molecule has 0 aromatic heterocycles. The molecule has 1 amide bonds. The van der Waals surface area contributed by atoms with Crippen molar-refractivity contribution in [3.05, 3.63) is 35.9 Å². The summed E-state index contributed by atoms with van der Waals surface area (Å²) < 4.78 is 4.59. The Kier molecular flexibility index (Phi) is 4.51. The van der Waals surface area contributed by atoms with Crippen LogP contribution in [-0.2, 0) is 14.3 Å². The molecule has 1 rings (SSSR count). The molecule has 0 aliphatic heterocycles. The SMILES string of the molecule is CCOC(=O)C(=O)N[C@H](C)c1ccccc1. The van der Waals surface area contributed by atoms with Gasteiger partial charge in [0.25, 0.3) is 0 Å². The fourth-order valence-electron chi connectivity index (χ4n) is 1.28. The molecule has 4 nitrogen and oxygen atoms in total. The highest BCUT2D eigenvalue weighted by Gasteiger charge is 2.17. The number of esters is 1. The molecule has 0 radical (unpaired) electrons. The Bertz CT molecular complexity index is 362. The number of hydrogen-bond acceptors (Lipinski definition) is 3. The van der Waals surface area contributed by atoms with Crippen LogP contribution in [0.1, 0.15) is 25.5 Å². The van der Waals surface area contributed by atoms with E-state index in [2.05, 4.69) is 10.1 Å². The van der Waals surface area contributed by atoms with E-state index < -0.39 is 11.9 Å². The Morgan fingerprint density at radius 3 is 2.50 bits per heavy atom. The van der Waals surface area contributed by atoms with E-state index in [9.17, 15) is 9.59 Å². The molecule has 0 aliphatic rings. The normalized spacial score (nSPS) is 11.6. The quantitative estimate of drug-likeness (QED) is 0.620. The van der Waals surface area contributed by atoms with Gasteiger partial charge in [-0.25, -0.2) is 4.79 Å². The van der Waals surface area contributed by atoms with Gasteiger partial charge >= 0.3 is 11.9 Å². The second kappa shape index (κ2) is 5.90. The average molecular weight is 221 g/mol. The zero-order valence-electron chi connectivity index (χ0n) is 9.40. The summed E-state index contributed by atoms with van der Waals surface area (Å²) in [6.07, 6.45) is 0. The van der Waals surface area contributed by atoms with Crippen LogP contribution in [0.2, 0.25) is 0 Å². The summed E-state index contributed by atoms with van der Waals surface area (Å²) in [4.78, 5) is 22.4. The number of benzene rings is 1. The number of rotatable bonds is 3. The van der Waals surface area contributed by atoms with Gasteiger partial charge in [-0.3, -0.25) is 4.79 Å². The minimum atomic E-state index is -0.842. The molecule has 0 fully saturated rings. The number of carbonyl (C=O) groups is 2. The lowest BCUT2D eigenvalue weighted by atomic mass is 10.1. The third-order valence-electron chi connectivity index (χ3n) is 2.11. The van der Waals surface area contributed by atoms with Crippen LogP contribution in [0.5, 0.6) is 0 Å². The van der Waals surface area contributed by atoms with Crippen molar-refractivity contribution in [3.8, 4) is 0 Å². The first-order valence-corrected chi connectivity index (χ1v) is 5.17. The fourth-order valence-corrected chi connectivity index (χ4v) is 1.28. The number of hydrogen-bond donors (Lipinski definition) is 1. The highest BCUT2D eigenvalue weighted by molar-refractivity contribution is 6.32. The fraction of sp³-hybridized carbons (Fsp3) is 0.333. The molecule has 0 heterocycles. The Balaban J connectivity index is 2.55. The molecule has 86 valence electrons. The van der Waals surface area contributed by atoms with E-state index in [1.807, 2.05) is 37.3 Å². The second-order valence-electron chi connectivity index (χ2n) is 3.33. The maximum atomic E-state index is 11.3. The monoisotopic (exact) mass is 221 g/mol. The zero-order valence-corrected chi connectivity index (χ0v) is 9.40. The molecule has 1 aromatic rings. The van der Waals surface area contributed by atoms with Gasteiger partial charge in [-0.05, 0) is 19.4 Å². The Morgan fingerprint density at radius 2 is 1.94 bits per heavy atom. The van der Waals surface area contributed by atoms with Crippen molar-refractivity contribution in [1.29, 1.82) is 0 Å². The van der Waals surface area contributed by atoms with E-state index in [4.69, 9.17) is 0 Å². The van der Waals surface area contributed by atoms with Gasteiger partial charge in [-0.15, -0.1) is 0 Å². The van der Waals surface area contributed by atoms with Crippen LogP contribution < -0.4 is 5.32 Å². The van der Waals surface area contributed by atoms with Crippen molar-refractivity contribution >= 4 is 11.9 Å². The number of carbonyl (C=O) groups excluding carboxylic acids is 2. The molecular weight excluding hydrogens is 206 g/mol. The predicted molar refractivity (Wildman–Crippen MR) is 59.6 cm³/mol. The summed E-state index contributed by atoms with van der Waals surface area (Å²) >= 11 is 0. The highest BCUT2D eigenvalue weighted by Crippen LogP contribution is 2.10. The highest BCUT2D eigenvalue weighted by atomic mass is 16.5. The van der Waals surface area contributed by atoms with Crippen molar-refractivity contribution < 1.29 is 14.3 Å². The van der Waals surface area contributed by atoms with Gasteiger partial charge in [0, 0.05) is 0 Å². The summed E-state index contributed by atoms with van der Waals surface area (Å²) in [5.41, 5.74) is 0.945. The van der Waals surface area contributed by atoms with E-state index >= 15 is 0 Å². The molecule has 16 heavy (non-hydrogen) atoms. The zero-order chi connectivity index (χ0) is 12.0. The minimum absolute atomic E-state index is 0.200. The topological polar surface area (TPSA) is 55.4 Å². The third kappa shape index (κ3) is 3.38. The van der Waals surface area contributed by atoms with Gasteiger partial charge in [0.1, 0.15) is 0 Å². The van der Waals surface area contributed by atoms with E-state index in [0.29, 0.717) is 0 Å². The molecule has 1 atom stereocenters. The summed E-state index contributed by atoms with van der Waals surface area (Å²) in [5.74, 6) is -1.55. The van der Waals surface area contributed by atoms with Crippen LogP contribution in [0.4, 0.5) is 0 Å². The average Bonchev–Trinajstić information content (AvgIpc) is 2.30. The van der Waals surface area contributed by atoms with Crippen molar-refractivity contribution in [2.75, 3.05) is 6.61 Å². The molecular formula is C12H15NO3. The minimum Gasteiger partial charge on any atom is -0.459 e. The van der Waals surface area contributed by atoms with Gasteiger partial charge in [-0.2, -0.15) is 0 Å². The van der Waals surface area contributed by atoms with Gasteiger partial charge in [-0.1, -0.05) is 30.3 Å². The summed E-state index contributed by atoms with van der Waals surface area (Å²) in [6.45, 7) is 3.67. The predicted octanol–water partition coefficient (Wildman–Crippen LogP) is 1.43. The smallest absolute Gasteiger partial charge is 0.396 e. The van der Waals surface area contributed by atoms with Crippen LogP contribution in [0.25, 0.3) is 0 Å². The van der Waals surface area contributed by atoms with Crippen molar-refractivity contribution in [2.45, 2.75) is 19.9 Å². The van der Waals surface area contributed by atoms with Crippen molar-refractivity contribution in [2.24, 2.45) is 0 Å². The third-order valence-corrected chi connectivity index (χ3v) is 2.11. The van der Waals surface area contributed by atoms with Crippen LogP contribution in [0.15, 0.2) is 30.3 Å². The summed E-state index contributed by atoms with van der Waals surface area (Å²) in [6, 6.07) is 9.21. The molecule has 0 saturated heterocycles. The lowest BCUT2D eigenvalue weighted by molar-refractivity contribution is -0.154. The molecule has 1 N–H and O–H groups in total. The first kappa shape index (κ1) is 12.2. The van der Waals surface area contributed by atoms with Crippen LogP contribution >= 0.6 is 0 Å². The molecule has 1 aromatic carbocycles. The van der Waals surface area contributed by atoms with E-state index in [1.54, 1.807) is 6.92 Å². The largest absolute Gasteiger partial charge is 0.459 e. The van der Waals surface area contributed by atoms with Crippen LogP contribution in [0.3, 0.4) is 0 Å².